The molecule has 1 aromatic carbocycles. The van der Waals surface area contributed by atoms with Gasteiger partial charge in [0, 0.05) is 18.2 Å². The molecule has 0 bridgehead atoms. The molecule has 1 atom stereocenters. The van der Waals surface area contributed by atoms with E-state index < -0.39 is 0 Å². The number of nitrogens with zero attached hydrogens (tertiary/aromatic N) is 3. The molecule has 1 unspecified atom stereocenters. The lowest BCUT2D eigenvalue weighted by atomic mass is 10.1. The molecule has 5 heteroatoms. The Kier molecular flexibility index (Phi) is 3.92. The Bertz CT molecular complexity index is 608. The number of aromatic nitrogens is 2. The summed E-state index contributed by atoms with van der Waals surface area (Å²) in [6.45, 7) is 6.07. The molecule has 1 aromatic heterocycles. The average Bonchev–Trinajstić information content (AvgIpc) is 3.06. The van der Waals surface area contributed by atoms with Gasteiger partial charge in [0.2, 0.25) is 5.89 Å². The summed E-state index contributed by atoms with van der Waals surface area (Å²) in [5.74, 6) is 1.82. The molecule has 112 valence electrons. The van der Waals surface area contributed by atoms with Crippen molar-refractivity contribution < 1.29 is 4.52 Å². The third-order valence-corrected chi connectivity index (χ3v) is 3.95. The summed E-state index contributed by atoms with van der Waals surface area (Å²) < 4.78 is 5.35. The molecule has 1 fully saturated rings. The van der Waals surface area contributed by atoms with E-state index in [0.717, 1.165) is 36.9 Å². The number of benzene rings is 1. The molecule has 1 saturated heterocycles. The van der Waals surface area contributed by atoms with Gasteiger partial charge in [-0.1, -0.05) is 31.1 Å². The number of hydrogen-bond donors (Lipinski definition) is 1. The number of nitrogens with two attached hydrogens (primary N) is 1. The summed E-state index contributed by atoms with van der Waals surface area (Å²) in [4.78, 5) is 6.96. The summed E-state index contributed by atoms with van der Waals surface area (Å²) in [6.07, 6.45) is 2.25. The monoisotopic (exact) mass is 286 g/mol. The minimum absolute atomic E-state index is 0.252. The third-order valence-electron chi connectivity index (χ3n) is 3.95. The highest BCUT2D eigenvalue weighted by Gasteiger charge is 2.30. The highest BCUT2D eigenvalue weighted by atomic mass is 16.5. The van der Waals surface area contributed by atoms with Gasteiger partial charge < -0.3 is 10.3 Å². The molecular weight excluding hydrogens is 264 g/mol. The molecule has 0 aliphatic carbocycles. The lowest BCUT2D eigenvalue weighted by molar-refractivity contribution is 0.234. The first kappa shape index (κ1) is 14.1. The maximum Gasteiger partial charge on any atom is 0.229 e. The van der Waals surface area contributed by atoms with Crippen LogP contribution in [0.2, 0.25) is 0 Å². The Morgan fingerprint density at radius 2 is 2.29 bits per heavy atom. The largest absolute Gasteiger partial charge is 0.399 e. The van der Waals surface area contributed by atoms with Crippen LogP contribution in [0.1, 0.15) is 55.9 Å². The molecule has 5 nitrogen and oxygen atoms in total. The van der Waals surface area contributed by atoms with Crippen molar-refractivity contribution in [1.29, 1.82) is 0 Å². The van der Waals surface area contributed by atoms with Crippen molar-refractivity contribution in [3.05, 3.63) is 41.5 Å². The van der Waals surface area contributed by atoms with E-state index in [1.165, 1.54) is 12.0 Å². The SMILES string of the molecule is CC(C)c1nc(C2CCCN2Cc2cccc(N)c2)no1. The fourth-order valence-electron chi connectivity index (χ4n) is 2.85. The predicted octanol–water partition coefficient (Wildman–Crippen LogP) is 3.11. The zero-order valence-corrected chi connectivity index (χ0v) is 12.6. The topological polar surface area (TPSA) is 68.2 Å². The Hall–Kier alpha value is -1.88. The van der Waals surface area contributed by atoms with E-state index in [2.05, 4.69) is 35.0 Å². The molecular formula is C16H22N4O. The van der Waals surface area contributed by atoms with Crippen LogP contribution >= 0.6 is 0 Å². The standard InChI is InChI=1S/C16H22N4O/c1-11(2)16-18-15(19-21-16)14-7-4-8-20(14)10-12-5-3-6-13(17)9-12/h3,5-6,9,11,14H,4,7-8,10,17H2,1-2H3. The molecule has 2 aromatic rings. The number of hydrogen-bond acceptors (Lipinski definition) is 5. The van der Waals surface area contributed by atoms with Crippen LogP contribution in [0.4, 0.5) is 5.69 Å². The number of rotatable bonds is 4. The first-order valence-electron chi connectivity index (χ1n) is 7.55. The van der Waals surface area contributed by atoms with Crippen LogP contribution in [0.5, 0.6) is 0 Å². The molecule has 0 amide bonds. The minimum Gasteiger partial charge on any atom is -0.399 e. The smallest absolute Gasteiger partial charge is 0.229 e. The molecule has 21 heavy (non-hydrogen) atoms. The van der Waals surface area contributed by atoms with E-state index in [9.17, 15) is 0 Å². The molecule has 3 rings (SSSR count). The summed E-state index contributed by atoms with van der Waals surface area (Å²) >= 11 is 0. The summed E-state index contributed by atoms with van der Waals surface area (Å²) in [7, 11) is 0. The van der Waals surface area contributed by atoms with Gasteiger partial charge in [-0.2, -0.15) is 4.98 Å². The number of likely N-dealkylation sites (tertiary alicyclic amines) is 1. The van der Waals surface area contributed by atoms with Crippen molar-refractivity contribution in [2.24, 2.45) is 0 Å². The molecule has 0 radical (unpaired) electrons. The highest BCUT2D eigenvalue weighted by Crippen LogP contribution is 2.32. The molecule has 1 aliphatic heterocycles. The van der Waals surface area contributed by atoms with Crippen molar-refractivity contribution in [3.63, 3.8) is 0 Å². The zero-order valence-electron chi connectivity index (χ0n) is 12.6. The van der Waals surface area contributed by atoms with E-state index in [1.54, 1.807) is 0 Å². The van der Waals surface area contributed by atoms with Gasteiger partial charge in [-0.25, -0.2) is 0 Å². The highest BCUT2D eigenvalue weighted by molar-refractivity contribution is 5.40. The van der Waals surface area contributed by atoms with Crippen molar-refractivity contribution in [3.8, 4) is 0 Å². The van der Waals surface area contributed by atoms with Crippen LogP contribution < -0.4 is 5.73 Å². The van der Waals surface area contributed by atoms with Gasteiger partial charge in [-0.15, -0.1) is 0 Å². The zero-order chi connectivity index (χ0) is 14.8. The summed E-state index contributed by atoms with van der Waals surface area (Å²) in [5.41, 5.74) is 7.90. The van der Waals surface area contributed by atoms with Crippen LogP contribution in [-0.4, -0.2) is 21.6 Å². The first-order valence-corrected chi connectivity index (χ1v) is 7.55. The van der Waals surface area contributed by atoms with Crippen LogP contribution in [0, 0.1) is 0 Å². The van der Waals surface area contributed by atoms with Crippen molar-refractivity contribution in [2.75, 3.05) is 12.3 Å². The maximum absolute atomic E-state index is 5.86. The van der Waals surface area contributed by atoms with E-state index >= 15 is 0 Å². The van der Waals surface area contributed by atoms with Gasteiger partial charge in [0.25, 0.3) is 0 Å². The predicted molar refractivity (Wildman–Crippen MR) is 81.6 cm³/mol. The van der Waals surface area contributed by atoms with E-state index in [0.29, 0.717) is 0 Å². The lowest BCUT2D eigenvalue weighted by Crippen LogP contribution is -2.23. The van der Waals surface area contributed by atoms with Crippen LogP contribution in [0.15, 0.2) is 28.8 Å². The normalized spacial score (nSPS) is 19.5. The number of anilines is 1. The third kappa shape index (κ3) is 3.08. The maximum atomic E-state index is 5.86. The second kappa shape index (κ2) is 5.85. The average molecular weight is 286 g/mol. The summed E-state index contributed by atoms with van der Waals surface area (Å²) in [5, 5.41) is 4.18. The van der Waals surface area contributed by atoms with Crippen molar-refractivity contribution in [1.82, 2.24) is 15.0 Å². The molecule has 0 saturated carbocycles. The Morgan fingerprint density at radius 1 is 1.43 bits per heavy atom. The van der Waals surface area contributed by atoms with Crippen LogP contribution in [0.3, 0.4) is 0 Å². The van der Waals surface area contributed by atoms with Gasteiger partial charge in [-0.3, -0.25) is 4.90 Å². The fourth-order valence-corrected chi connectivity index (χ4v) is 2.85. The van der Waals surface area contributed by atoms with Gasteiger partial charge >= 0.3 is 0 Å². The Morgan fingerprint density at radius 3 is 3.00 bits per heavy atom. The fraction of sp³-hybridized carbons (Fsp3) is 0.500. The van der Waals surface area contributed by atoms with E-state index in [1.807, 2.05) is 18.2 Å². The minimum atomic E-state index is 0.252. The lowest BCUT2D eigenvalue weighted by Gasteiger charge is -2.21. The van der Waals surface area contributed by atoms with Gasteiger partial charge in [0.05, 0.1) is 6.04 Å². The Balaban J connectivity index is 1.75. The van der Waals surface area contributed by atoms with Crippen LogP contribution in [-0.2, 0) is 6.54 Å². The Labute approximate surface area is 125 Å². The summed E-state index contributed by atoms with van der Waals surface area (Å²) in [6, 6.07) is 8.31. The van der Waals surface area contributed by atoms with Crippen LogP contribution in [0.25, 0.3) is 0 Å². The van der Waals surface area contributed by atoms with Gasteiger partial charge in [-0.05, 0) is 37.1 Å². The first-order chi connectivity index (χ1) is 10.1. The van der Waals surface area contributed by atoms with Crippen molar-refractivity contribution in [2.45, 2.75) is 45.2 Å². The van der Waals surface area contributed by atoms with Gasteiger partial charge in [0.1, 0.15) is 0 Å². The molecule has 1 aliphatic rings. The molecule has 0 spiro atoms. The molecule has 2 heterocycles. The van der Waals surface area contributed by atoms with Crippen molar-refractivity contribution >= 4 is 5.69 Å². The van der Waals surface area contributed by atoms with E-state index in [-0.39, 0.29) is 12.0 Å². The second-order valence-electron chi connectivity index (χ2n) is 6.02. The second-order valence-corrected chi connectivity index (χ2v) is 6.02. The number of nitrogen functional groups attached to an aromatic ring is 1. The molecule has 2 N–H and O–H groups in total. The van der Waals surface area contributed by atoms with E-state index in [4.69, 9.17) is 10.3 Å². The van der Waals surface area contributed by atoms with Gasteiger partial charge in [0.15, 0.2) is 5.82 Å². The quantitative estimate of drug-likeness (QED) is 0.875.